The topological polar surface area (TPSA) is 64.4 Å². The largest absolute Gasteiger partial charge is 0.380 e. The van der Waals surface area contributed by atoms with E-state index in [1.54, 1.807) is 26.2 Å². The zero-order chi connectivity index (χ0) is 18.5. The number of methoxy groups -OCH3 is 1. The lowest BCUT2D eigenvalue weighted by Gasteiger charge is -2.08. The second kappa shape index (κ2) is 7.93. The van der Waals surface area contributed by atoms with Crippen LogP contribution in [0, 0.1) is 12.7 Å². The van der Waals surface area contributed by atoms with Crippen LogP contribution >= 0.6 is 0 Å². The number of nitrogens with one attached hydrogen (secondary N) is 1. The summed E-state index contributed by atoms with van der Waals surface area (Å²) in [6.07, 6.45) is 0. The Morgan fingerprint density at radius 2 is 1.92 bits per heavy atom. The molecule has 0 saturated heterocycles. The molecule has 2 aromatic carbocycles. The Balaban J connectivity index is 1.77. The standard InChI is InChI=1S/C20H19FN2O3/c1-13-18(19(23-26-13)16-6-8-17(21)9-7-16)20(24)22-11-14-4-3-5-15(10-14)12-25-2/h3-10H,11-12H2,1-2H3,(H,22,24). The molecule has 0 saturated carbocycles. The summed E-state index contributed by atoms with van der Waals surface area (Å²) < 4.78 is 23.4. The molecule has 3 aromatic rings. The first-order chi connectivity index (χ1) is 12.6. The van der Waals surface area contributed by atoms with E-state index in [1.165, 1.54) is 12.1 Å². The number of amides is 1. The Morgan fingerprint density at radius 1 is 1.19 bits per heavy atom. The van der Waals surface area contributed by atoms with E-state index in [0.717, 1.165) is 11.1 Å². The van der Waals surface area contributed by atoms with Crippen molar-refractivity contribution in [2.45, 2.75) is 20.1 Å². The molecule has 134 valence electrons. The summed E-state index contributed by atoms with van der Waals surface area (Å²) in [6.45, 7) is 2.55. The third-order valence-electron chi connectivity index (χ3n) is 3.96. The number of nitrogens with zero attached hydrogens (tertiary/aromatic N) is 1. The molecule has 1 aromatic heterocycles. The van der Waals surface area contributed by atoms with Crippen molar-refractivity contribution in [3.63, 3.8) is 0 Å². The van der Waals surface area contributed by atoms with E-state index < -0.39 is 0 Å². The van der Waals surface area contributed by atoms with E-state index in [2.05, 4.69) is 10.5 Å². The third-order valence-corrected chi connectivity index (χ3v) is 3.96. The Hall–Kier alpha value is -2.99. The third kappa shape index (κ3) is 3.97. The first-order valence-corrected chi connectivity index (χ1v) is 8.15. The molecule has 0 atom stereocenters. The van der Waals surface area contributed by atoms with Gasteiger partial charge >= 0.3 is 0 Å². The lowest BCUT2D eigenvalue weighted by Crippen LogP contribution is -2.23. The zero-order valence-electron chi connectivity index (χ0n) is 14.6. The molecular formula is C20H19FN2O3. The van der Waals surface area contributed by atoms with E-state index in [0.29, 0.717) is 35.7 Å². The molecule has 0 fully saturated rings. The maximum atomic E-state index is 13.1. The Kier molecular flexibility index (Phi) is 5.43. The summed E-state index contributed by atoms with van der Waals surface area (Å²) in [5.74, 6) is -0.230. The maximum absolute atomic E-state index is 13.1. The van der Waals surface area contributed by atoms with Gasteiger partial charge in [-0.25, -0.2) is 4.39 Å². The lowest BCUT2D eigenvalue weighted by molar-refractivity contribution is 0.0950. The van der Waals surface area contributed by atoms with Crippen molar-refractivity contribution in [1.82, 2.24) is 10.5 Å². The van der Waals surface area contributed by atoms with Crippen molar-refractivity contribution in [1.29, 1.82) is 0 Å². The number of carbonyl (C=O) groups is 1. The van der Waals surface area contributed by atoms with Gasteiger partial charge in [-0.2, -0.15) is 0 Å². The zero-order valence-corrected chi connectivity index (χ0v) is 14.6. The van der Waals surface area contributed by atoms with Crippen molar-refractivity contribution in [2.24, 2.45) is 0 Å². The Morgan fingerprint density at radius 3 is 2.65 bits per heavy atom. The summed E-state index contributed by atoms with van der Waals surface area (Å²) in [6, 6.07) is 13.6. The lowest BCUT2D eigenvalue weighted by atomic mass is 10.1. The molecule has 0 aliphatic heterocycles. The number of halogens is 1. The van der Waals surface area contributed by atoms with Crippen LogP contribution in [0.1, 0.15) is 27.2 Å². The highest BCUT2D eigenvalue weighted by Crippen LogP contribution is 2.25. The van der Waals surface area contributed by atoms with E-state index in [9.17, 15) is 9.18 Å². The van der Waals surface area contributed by atoms with Gasteiger partial charge in [-0.3, -0.25) is 4.79 Å². The molecule has 1 heterocycles. The monoisotopic (exact) mass is 354 g/mol. The summed E-state index contributed by atoms with van der Waals surface area (Å²) in [7, 11) is 1.64. The quantitative estimate of drug-likeness (QED) is 0.730. The number of benzene rings is 2. The van der Waals surface area contributed by atoms with Crippen molar-refractivity contribution in [2.75, 3.05) is 7.11 Å². The predicted octanol–water partition coefficient (Wildman–Crippen LogP) is 3.87. The first-order valence-electron chi connectivity index (χ1n) is 8.15. The van der Waals surface area contributed by atoms with Crippen molar-refractivity contribution in [3.05, 3.63) is 76.8 Å². The van der Waals surface area contributed by atoms with Crippen LogP contribution in [-0.2, 0) is 17.9 Å². The number of hydrogen-bond acceptors (Lipinski definition) is 4. The maximum Gasteiger partial charge on any atom is 0.257 e. The molecule has 0 bridgehead atoms. The van der Waals surface area contributed by atoms with Crippen molar-refractivity contribution < 1.29 is 18.4 Å². The van der Waals surface area contributed by atoms with Crippen molar-refractivity contribution >= 4 is 5.91 Å². The van der Waals surface area contributed by atoms with Gasteiger partial charge < -0.3 is 14.6 Å². The highest BCUT2D eigenvalue weighted by atomic mass is 19.1. The molecule has 6 heteroatoms. The molecule has 0 aliphatic rings. The molecule has 0 aliphatic carbocycles. The Labute approximate surface area is 150 Å². The predicted molar refractivity (Wildman–Crippen MR) is 95.0 cm³/mol. The first kappa shape index (κ1) is 17.8. The molecule has 1 amide bonds. The summed E-state index contributed by atoms with van der Waals surface area (Å²) in [4.78, 5) is 12.7. The van der Waals surface area contributed by atoms with Crippen LogP contribution in [0.15, 0.2) is 53.1 Å². The normalized spacial score (nSPS) is 10.7. The Bertz CT molecular complexity index is 904. The number of aryl methyl sites for hydroxylation is 1. The molecule has 3 rings (SSSR count). The average molecular weight is 354 g/mol. The minimum absolute atomic E-state index is 0.291. The summed E-state index contributed by atoms with van der Waals surface area (Å²) >= 11 is 0. The van der Waals surface area contributed by atoms with Crippen LogP contribution in [0.2, 0.25) is 0 Å². The van der Waals surface area contributed by atoms with Gasteiger partial charge in [0.2, 0.25) is 0 Å². The molecule has 0 radical (unpaired) electrons. The highest BCUT2D eigenvalue weighted by molar-refractivity contribution is 6.00. The van der Waals surface area contributed by atoms with E-state index in [-0.39, 0.29) is 11.7 Å². The second-order valence-corrected chi connectivity index (χ2v) is 5.90. The van der Waals surface area contributed by atoms with Gasteiger partial charge in [-0.15, -0.1) is 0 Å². The highest BCUT2D eigenvalue weighted by Gasteiger charge is 2.21. The molecule has 0 unspecified atom stereocenters. The van der Waals surface area contributed by atoms with Crippen molar-refractivity contribution in [3.8, 4) is 11.3 Å². The van der Waals surface area contributed by atoms with Crippen LogP contribution in [-0.4, -0.2) is 18.2 Å². The van der Waals surface area contributed by atoms with E-state index >= 15 is 0 Å². The van der Waals surface area contributed by atoms with Crippen LogP contribution in [0.5, 0.6) is 0 Å². The van der Waals surface area contributed by atoms with Gasteiger partial charge in [0.05, 0.1) is 6.61 Å². The number of ether oxygens (including phenoxy) is 1. The minimum atomic E-state index is -0.351. The van der Waals surface area contributed by atoms with Gasteiger partial charge in [0.1, 0.15) is 22.8 Å². The molecule has 1 N–H and O–H groups in total. The molecular weight excluding hydrogens is 335 g/mol. The number of carbonyl (C=O) groups excluding carboxylic acids is 1. The van der Waals surface area contributed by atoms with Gasteiger partial charge in [-0.1, -0.05) is 29.4 Å². The fraction of sp³-hybridized carbons (Fsp3) is 0.200. The second-order valence-electron chi connectivity index (χ2n) is 5.90. The smallest absolute Gasteiger partial charge is 0.257 e. The number of hydrogen-bond donors (Lipinski definition) is 1. The van der Waals surface area contributed by atoms with E-state index in [4.69, 9.17) is 9.26 Å². The fourth-order valence-corrected chi connectivity index (χ4v) is 2.71. The van der Waals surface area contributed by atoms with Gasteiger partial charge in [0.15, 0.2) is 0 Å². The molecule has 0 spiro atoms. The van der Waals surface area contributed by atoms with Crippen LogP contribution < -0.4 is 5.32 Å². The van der Waals surface area contributed by atoms with Gasteiger partial charge in [0, 0.05) is 19.2 Å². The number of aromatic nitrogens is 1. The van der Waals surface area contributed by atoms with Crippen LogP contribution in [0.25, 0.3) is 11.3 Å². The molecule has 5 nitrogen and oxygen atoms in total. The SMILES string of the molecule is COCc1cccc(CNC(=O)c2c(-c3ccc(F)cc3)noc2C)c1. The minimum Gasteiger partial charge on any atom is -0.380 e. The summed E-state index contributed by atoms with van der Waals surface area (Å²) in [5, 5.41) is 6.83. The molecule has 26 heavy (non-hydrogen) atoms. The summed E-state index contributed by atoms with van der Waals surface area (Å²) in [5.41, 5.74) is 3.37. The van der Waals surface area contributed by atoms with Crippen LogP contribution in [0.4, 0.5) is 4.39 Å². The number of rotatable bonds is 6. The van der Waals surface area contributed by atoms with Gasteiger partial charge in [0.25, 0.3) is 5.91 Å². The van der Waals surface area contributed by atoms with Crippen LogP contribution in [0.3, 0.4) is 0 Å². The van der Waals surface area contributed by atoms with Gasteiger partial charge in [-0.05, 0) is 42.3 Å². The average Bonchev–Trinajstić information content (AvgIpc) is 3.02. The fourth-order valence-electron chi connectivity index (χ4n) is 2.71. The van der Waals surface area contributed by atoms with E-state index in [1.807, 2.05) is 24.3 Å².